The minimum absolute atomic E-state index is 0.105. The first kappa shape index (κ1) is 39.8. The van der Waals surface area contributed by atoms with E-state index in [0.29, 0.717) is 43.8 Å². The van der Waals surface area contributed by atoms with Crippen molar-refractivity contribution in [1.29, 1.82) is 0 Å². The molecule has 0 saturated heterocycles. The molecule has 254 valence electrons. The molecular formula is C36H58N2O7. The number of carbonyl (C=O) groups excluding carboxylic acids is 3. The Morgan fingerprint density at radius 2 is 1.47 bits per heavy atom. The molecule has 0 radical (unpaired) electrons. The Labute approximate surface area is 270 Å². The molecule has 0 unspecified atom stereocenters. The highest BCUT2D eigenvalue weighted by atomic mass is 16.5. The minimum atomic E-state index is -2.34. The Bertz CT molecular complexity index is 1040. The van der Waals surface area contributed by atoms with Gasteiger partial charge in [0.1, 0.15) is 17.6 Å². The van der Waals surface area contributed by atoms with E-state index in [9.17, 15) is 29.4 Å². The van der Waals surface area contributed by atoms with E-state index in [-0.39, 0.29) is 12.8 Å². The van der Waals surface area contributed by atoms with Gasteiger partial charge < -0.3 is 26.0 Å². The van der Waals surface area contributed by atoms with Crippen LogP contribution in [0, 0.1) is 5.92 Å². The summed E-state index contributed by atoms with van der Waals surface area (Å²) in [5, 5.41) is 23.6. The van der Waals surface area contributed by atoms with E-state index in [4.69, 9.17) is 10.5 Å². The van der Waals surface area contributed by atoms with Crippen molar-refractivity contribution in [3.05, 3.63) is 42.0 Å². The van der Waals surface area contributed by atoms with Crippen molar-refractivity contribution in [2.24, 2.45) is 11.7 Å². The number of carboxylic acids is 1. The summed E-state index contributed by atoms with van der Waals surface area (Å²) in [5.74, 6) is -3.43. The van der Waals surface area contributed by atoms with Crippen LogP contribution >= 0.6 is 0 Å². The second-order valence-electron chi connectivity index (χ2n) is 12.1. The lowest BCUT2D eigenvalue weighted by molar-refractivity contribution is -0.167. The summed E-state index contributed by atoms with van der Waals surface area (Å²) in [7, 11) is 0. The average Bonchev–Trinajstić information content (AvgIpc) is 3.00. The van der Waals surface area contributed by atoms with Crippen molar-refractivity contribution in [2.75, 3.05) is 6.61 Å². The number of hydrogen-bond donors (Lipinski definition) is 4. The fourth-order valence-electron chi connectivity index (χ4n) is 5.24. The minimum Gasteiger partial charge on any atom is -0.494 e. The van der Waals surface area contributed by atoms with Crippen LogP contribution in [0.25, 0.3) is 0 Å². The lowest BCUT2D eigenvalue weighted by Gasteiger charge is -2.30. The summed E-state index contributed by atoms with van der Waals surface area (Å²) >= 11 is 0. The quantitative estimate of drug-likeness (QED) is 0.0644. The van der Waals surface area contributed by atoms with Crippen molar-refractivity contribution in [2.45, 2.75) is 142 Å². The first-order valence-corrected chi connectivity index (χ1v) is 17.0. The molecule has 0 heterocycles. The van der Waals surface area contributed by atoms with Gasteiger partial charge in [-0.15, -0.1) is 0 Å². The molecule has 9 nitrogen and oxygen atoms in total. The second kappa shape index (κ2) is 23.2. The van der Waals surface area contributed by atoms with Gasteiger partial charge in [-0.1, -0.05) is 96.4 Å². The van der Waals surface area contributed by atoms with Gasteiger partial charge in [-0.05, 0) is 56.2 Å². The van der Waals surface area contributed by atoms with Gasteiger partial charge in [0.2, 0.25) is 11.8 Å². The number of amides is 2. The topological polar surface area (TPSA) is 156 Å². The van der Waals surface area contributed by atoms with Crippen molar-refractivity contribution in [1.82, 2.24) is 5.32 Å². The van der Waals surface area contributed by atoms with Gasteiger partial charge in [0, 0.05) is 19.3 Å². The van der Waals surface area contributed by atoms with E-state index in [1.54, 1.807) is 37.3 Å². The maximum absolute atomic E-state index is 13.4. The SMILES string of the molecule is CCCCCCCC(=O)CCCCCC/C=C/[C@H](C(=O)N[C@@H](Cc1ccc(OCCCC)cc1)C(N)=O)[C@@](O)(CCC)C(=O)O. The van der Waals surface area contributed by atoms with Crippen molar-refractivity contribution in [3.63, 3.8) is 0 Å². The number of allylic oxidation sites excluding steroid dienone is 1. The lowest BCUT2D eigenvalue weighted by atomic mass is 9.82. The Hall–Kier alpha value is -3.20. The highest BCUT2D eigenvalue weighted by molar-refractivity contribution is 5.93. The zero-order valence-corrected chi connectivity index (χ0v) is 27.9. The number of nitrogens with two attached hydrogens (primary N) is 1. The smallest absolute Gasteiger partial charge is 0.336 e. The largest absolute Gasteiger partial charge is 0.494 e. The zero-order valence-electron chi connectivity index (χ0n) is 27.9. The number of hydrogen-bond acceptors (Lipinski definition) is 6. The van der Waals surface area contributed by atoms with Crippen LogP contribution in [0.2, 0.25) is 0 Å². The number of aliphatic hydroxyl groups is 1. The van der Waals surface area contributed by atoms with Gasteiger partial charge >= 0.3 is 5.97 Å². The van der Waals surface area contributed by atoms with Crippen LogP contribution in [0.4, 0.5) is 0 Å². The Balaban J connectivity index is 2.75. The lowest BCUT2D eigenvalue weighted by Crippen LogP contribution is -2.55. The summed E-state index contributed by atoms with van der Waals surface area (Å²) < 4.78 is 5.67. The molecule has 3 atom stereocenters. The van der Waals surface area contributed by atoms with E-state index >= 15 is 0 Å². The van der Waals surface area contributed by atoms with Crippen LogP contribution in [-0.4, -0.2) is 52.0 Å². The zero-order chi connectivity index (χ0) is 33.5. The Kier molecular flexibility index (Phi) is 20.5. The highest BCUT2D eigenvalue weighted by Crippen LogP contribution is 2.27. The number of nitrogens with one attached hydrogen (secondary N) is 1. The van der Waals surface area contributed by atoms with E-state index in [1.165, 1.54) is 25.3 Å². The van der Waals surface area contributed by atoms with Gasteiger partial charge in [0.05, 0.1) is 12.5 Å². The van der Waals surface area contributed by atoms with E-state index in [2.05, 4.69) is 19.2 Å². The molecule has 1 aromatic carbocycles. The van der Waals surface area contributed by atoms with Crippen molar-refractivity contribution in [3.8, 4) is 5.75 Å². The summed E-state index contributed by atoms with van der Waals surface area (Å²) in [5.41, 5.74) is 4.01. The van der Waals surface area contributed by atoms with Crippen molar-refractivity contribution < 1.29 is 34.1 Å². The number of carboxylic acid groups (broad SMARTS) is 1. The summed E-state index contributed by atoms with van der Waals surface area (Å²) in [6, 6.07) is 6.05. The number of carbonyl (C=O) groups is 4. The molecule has 0 aliphatic rings. The van der Waals surface area contributed by atoms with Crippen LogP contribution in [0.15, 0.2) is 36.4 Å². The van der Waals surface area contributed by atoms with Gasteiger partial charge in [0.15, 0.2) is 5.60 Å². The predicted molar refractivity (Wildman–Crippen MR) is 178 cm³/mol. The molecule has 1 aromatic rings. The van der Waals surface area contributed by atoms with Gasteiger partial charge in [0.25, 0.3) is 0 Å². The molecule has 1 rings (SSSR count). The molecular weight excluding hydrogens is 572 g/mol. The number of ether oxygens (including phenoxy) is 1. The molecule has 0 aromatic heterocycles. The second-order valence-corrected chi connectivity index (χ2v) is 12.1. The van der Waals surface area contributed by atoms with Crippen LogP contribution in [0.3, 0.4) is 0 Å². The van der Waals surface area contributed by atoms with Gasteiger partial charge in [-0.25, -0.2) is 4.79 Å². The third kappa shape index (κ3) is 16.1. The number of benzene rings is 1. The molecule has 2 amide bonds. The highest BCUT2D eigenvalue weighted by Gasteiger charge is 2.46. The number of Topliss-reactive ketones (excluding diaryl/α,β-unsaturated/α-hetero) is 1. The summed E-state index contributed by atoms with van der Waals surface area (Å²) in [4.78, 5) is 50.0. The van der Waals surface area contributed by atoms with Crippen LogP contribution in [0.1, 0.15) is 129 Å². The number of unbranched alkanes of at least 4 members (excludes halogenated alkanes) is 9. The number of rotatable bonds is 27. The van der Waals surface area contributed by atoms with Crippen molar-refractivity contribution >= 4 is 23.6 Å². The predicted octanol–water partition coefficient (Wildman–Crippen LogP) is 6.44. The molecule has 45 heavy (non-hydrogen) atoms. The summed E-state index contributed by atoms with van der Waals surface area (Å²) in [6.07, 6.45) is 16.4. The number of primary amides is 1. The normalized spacial score (nSPS) is 14.0. The molecule has 0 spiro atoms. The molecule has 9 heteroatoms. The maximum atomic E-state index is 13.4. The van der Waals surface area contributed by atoms with E-state index < -0.39 is 35.3 Å². The molecule has 0 aliphatic carbocycles. The third-order valence-corrected chi connectivity index (χ3v) is 8.05. The van der Waals surface area contributed by atoms with Crippen LogP contribution in [-0.2, 0) is 25.6 Å². The monoisotopic (exact) mass is 630 g/mol. The number of aliphatic carboxylic acids is 1. The maximum Gasteiger partial charge on any atom is 0.336 e. The summed E-state index contributed by atoms with van der Waals surface area (Å²) in [6.45, 7) is 6.59. The standard InChI is InChI=1S/C36H58N2O7/c1-4-7-9-12-15-18-29(39)19-16-13-10-11-14-17-20-31(36(44,25-6-3)35(42)43)34(41)38-32(33(37)40)27-28-21-23-30(24-22-28)45-26-8-5-2/h17,20-24,31-32,44H,4-16,18-19,25-27H2,1-3H3,(H2,37,40)(H,38,41)(H,42,43)/b20-17+/t31-,32+,36+/m1/s1. The third-order valence-electron chi connectivity index (χ3n) is 8.05. The fourth-order valence-corrected chi connectivity index (χ4v) is 5.24. The molecule has 0 aliphatic heterocycles. The van der Waals surface area contributed by atoms with Gasteiger partial charge in [-0.3, -0.25) is 14.4 Å². The molecule has 0 saturated carbocycles. The molecule has 5 N–H and O–H groups in total. The van der Waals surface area contributed by atoms with Gasteiger partial charge in [-0.2, -0.15) is 0 Å². The van der Waals surface area contributed by atoms with Crippen LogP contribution in [0.5, 0.6) is 5.75 Å². The first-order chi connectivity index (χ1) is 21.6. The van der Waals surface area contributed by atoms with E-state index in [1.807, 2.05) is 0 Å². The molecule has 0 fully saturated rings. The Morgan fingerprint density at radius 1 is 0.867 bits per heavy atom. The average molecular weight is 631 g/mol. The van der Waals surface area contributed by atoms with E-state index in [0.717, 1.165) is 56.9 Å². The number of ketones is 1. The first-order valence-electron chi connectivity index (χ1n) is 17.0. The fraction of sp³-hybridized carbons (Fsp3) is 0.667. The molecule has 0 bridgehead atoms. The Morgan fingerprint density at radius 3 is 2.02 bits per heavy atom. The van der Waals surface area contributed by atoms with Crippen LogP contribution < -0.4 is 15.8 Å².